The Labute approximate surface area is 244 Å². The first-order valence-electron chi connectivity index (χ1n) is 14.1. The number of fused-ring (bicyclic) bond motifs is 5. The van der Waals surface area contributed by atoms with Crippen molar-refractivity contribution in [2.24, 2.45) is 0 Å². The maximum atomic E-state index is 15.2. The van der Waals surface area contributed by atoms with E-state index in [9.17, 15) is 0 Å². The highest BCUT2D eigenvalue weighted by molar-refractivity contribution is 7.85. The standard InChI is InChI=1S/C38H27N2OP/c41-42(30-16-6-2-7-17-30,31-18-8-3-9-19-31)32-20-12-15-29(27-32)40-37-22-11-10-21-33(37)34-23-24-36-35(38(34)40)25-26-39(36)28-13-4-1-5-14-28/h1-27H. The van der Waals surface area contributed by atoms with Crippen LogP contribution in [-0.2, 0) is 4.57 Å². The minimum atomic E-state index is -3.13. The molecule has 3 nitrogen and oxygen atoms in total. The van der Waals surface area contributed by atoms with Crippen molar-refractivity contribution < 1.29 is 4.57 Å². The van der Waals surface area contributed by atoms with E-state index in [1.807, 2.05) is 78.9 Å². The van der Waals surface area contributed by atoms with Crippen molar-refractivity contribution in [1.29, 1.82) is 0 Å². The Kier molecular flexibility index (Phi) is 5.73. The highest BCUT2D eigenvalue weighted by Crippen LogP contribution is 2.43. The lowest BCUT2D eigenvalue weighted by atomic mass is 10.1. The first kappa shape index (κ1) is 24.7. The summed E-state index contributed by atoms with van der Waals surface area (Å²) in [6.45, 7) is 0. The topological polar surface area (TPSA) is 26.9 Å². The summed E-state index contributed by atoms with van der Waals surface area (Å²) in [4.78, 5) is 0. The van der Waals surface area contributed by atoms with Crippen molar-refractivity contribution in [3.8, 4) is 11.4 Å². The molecule has 0 unspecified atom stereocenters. The molecule has 0 N–H and O–H groups in total. The van der Waals surface area contributed by atoms with E-state index in [2.05, 4.69) is 94.2 Å². The number of para-hydroxylation sites is 2. The summed E-state index contributed by atoms with van der Waals surface area (Å²) in [7, 11) is -3.13. The Balaban J connectivity index is 1.42. The Hall–Kier alpha value is -5.11. The predicted molar refractivity (Wildman–Crippen MR) is 177 cm³/mol. The molecule has 2 heterocycles. The molecule has 0 atom stereocenters. The molecule has 200 valence electrons. The summed E-state index contributed by atoms with van der Waals surface area (Å²) in [5.41, 5.74) is 5.54. The molecule has 0 aliphatic carbocycles. The van der Waals surface area contributed by atoms with Crippen LogP contribution in [0.15, 0.2) is 164 Å². The van der Waals surface area contributed by atoms with Crippen LogP contribution in [0.3, 0.4) is 0 Å². The Morgan fingerprint density at radius 2 is 1.02 bits per heavy atom. The minimum Gasteiger partial charge on any atom is -0.316 e. The van der Waals surface area contributed by atoms with Gasteiger partial charge in [-0.3, -0.25) is 0 Å². The van der Waals surface area contributed by atoms with Gasteiger partial charge in [0.2, 0.25) is 0 Å². The Bertz CT molecular complexity index is 2220. The van der Waals surface area contributed by atoms with Gasteiger partial charge in [0, 0.05) is 49.6 Å². The van der Waals surface area contributed by atoms with Gasteiger partial charge in [0.25, 0.3) is 0 Å². The number of benzene rings is 6. The first-order valence-corrected chi connectivity index (χ1v) is 15.8. The molecule has 0 aliphatic rings. The van der Waals surface area contributed by atoms with Gasteiger partial charge >= 0.3 is 0 Å². The van der Waals surface area contributed by atoms with E-state index in [0.29, 0.717) is 0 Å². The minimum absolute atomic E-state index is 0.817. The second-order valence-corrected chi connectivity index (χ2v) is 13.3. The van der Waals surface area contributed by atoms with E-state index >= 15 is 4.57 Å². The first-order chi connectivity index (χ1) is 20.7. The van der Waals surface area contributed by atoms with Crippen molar-refractivity contribution >= 4 is 55.8 Å². The van der Waals surface area contributed by atoms with Crippen molar-refractivity contribution in [3.63, 3.8) is 0 Å². The number of aromatic nitrogens is 2. The fraction of sp³-hybridized carbons (Fsp3) is 0. The van der Waals surface area contributed by atoms with Crippen LogP contribution in [0.2, 0.25) is 0 Å². The molecule has 8 aromatic rings. The molecule has 0 bridgehead atoms. The molecule has 0 fully saturated rings. The molecule has 2 aromatic heterocycles. The normalized spacial score (nSPS) is 11.9. The fourth-order valence-corrected chi connectivity index (χ4v) is 9.00. The second kappa shape index (κ2) is 9.76. The van der Waals surface area contributed by atoms with Gasteiger partial charge in [-0.25, -0.2) is 0 Å². The lowest BCUT2D eigenvalue weighted by molar-refractivity contribution is 0.592. The summed E-state index contributed by atoms with van der Waals surface area (Å²) in [6, 6.07) is 53.7. The number of hydrogen-bond donors (Lipinski definition) is 0. The highest BCUT2D eigenvalue weighted by atomic mass is 31.2. The molecule has 0 saturated carbocycles. The van der Waals surface area contributed by atoms with E-state index in [1.54, 1.807) is 0 Å². The maximum Gasteiger partial charge on any atom is 0.171 e. The molecule has 0 amide bonds. The third-order valence-corrected chi connectivity index (χ3v) is 11.3. The largest absolute Gasteiger partial charge is 0.316 e. The zero-order chi connectivity index (χ0) is 28.1. The predicted octanol–water partition coefficient (Wildman–Crippen LogP) is 8.37. The summed E-state index contributed by atoms with van der Waals surface area (Å²) in [5.74, 6) is 0. The van der Waals surface area contributed by atoms with Crippen LogP contribution in [0.25, 0.3) is 44.1 Å². The third kappa shape index (κ3) is 3.71. The zero-order valence-corrected chi connectivity index (χ0v) is 23.7. The summed E-state index contributed by atoms with van der Waals surface area (Å²) >= 11 is 0. The molecular formula is C38H27N2OP. The maximum absolute atomic E-state index is 15.2. The van der Waals surface area contributed by atoms with Gasteiger partial charge in [-0.1, -0.05) is 115 Å². The van der Waals surface area contributed by atoms with Crippen LogP contribution < -0.4 is 15.9 Å². The molecule has 0 radical (unpaired) electrons. The molecular weight excluding hydrogens is 531 g/mol. The molecule has 42 heavy (non-hydrogen) atoms. The summed E-state index contributed by atoms with van der Waals surface area (Å²) in [5, 5.41) is 6.05. The van der Waals surface area contributed by atoms with Gasteiger partial charge in [0.1, 0.15) is 0 Å². The third-order valence-electron chi connectivity index (χ3n) is 8.23. The van der Waals surface area contributed by atoms with Gasteiger partial charge < -0.3 is 13.7 Å². The number of nitrogens with zero attached hydrogens (tertiary/aromatic N) is 2. The van der Waals surface area contributed by atoms with Crippen molar-refractivity contribution in [3.05, 3.63) is 164 Å². The quantitative estimate of drug-likeness (QED) is 0.195. The molecule has 0 aliphatic heterocycles. The van der Waals surface area contributed by atoms with Crippen LogP contribution in [0.5, 0.6) is 0 Å². The lowest BCUT2D eigenvalue weighted by Crippen LogP contribution is -2.25. The monoisotopic (exact) mass is 558 g/mol. The molecule has 8 rings (SSSR count). The van der Waals surface area contributed by atoms with Crippen LogP contribution >= 0.6 is 7.14 Å². The van der Waals surface area contributed by atoms with E-state index in [0.717, 1.165) is 43.8 Å². The van der Waals surface area contributed by atoms with Gasteiger partial charge in [-0.05, 0) is 42.5 Å². The van der Waals surface area contributed by atoms with Crippen molar-refractivity contribution in [1.82, 2.24) is 9.13 Å². The van der Waals surface area contributed by atoms with E-state index in [-0.39, 0.29) is 0 Å². The average molecular weight is 559 g/mol. The van der Waals surface area contributed by atoms with Gasteiger partial charge in [-0.2, -0.15) is 0 Å². The van der Waals surface area contributed by atoms with Crippen molar-refractivity contribution in [2.45, 2.75) is 0 Å². The van der Waals surface area contributed by atoms with E-state index < -0.39 is 7.14 Å². The smallest absolute Gasteiger partial charge is 0.171 e. The summed E-state index contributed by atoms with van der Waals surface area (Å²) < 4.78 is 19.8. The van der Waals surface area contributed by atoms with Gasteiger partial charge in [-0.15, -0.1) is 0 Å². The fourth-order valence-electron chi connectivity index (χ4n) is 6.31. The molecule has 0 spiro atoms. The molecule has 0 saturated heterocycles. The number of hydrogen-bond acceptors (Lipinski definition) is 1. The van der Waals surface area contributed by atoms with E-state index in [1.165, 1.54) is 16.2 Å². The van der Waals surface area contributed by atoms with Crippen LogP contribution in [0.4, 0.5) is 0 Å². The zero-order valence-electron chi connectivity index (χ0n) is 22.8. The number of rotatable bonds is 5. The van der Waals surface area contributed by atoms with E-state index in [4.69, 9.17) is 0 Å². The van der Waals surface area contributed by atoms with Gasteiger partial charge in [0.05, 0.1) is 16.6 Å². The second-order valence-electron chi connectivity index (χ2n) is 10.6. The lowest BCUT2D eigenvalue weighted by Gasteiger charge is -2.21. The SMILES string of the molecule is O=P(c1ccccc1)(c1ccccc1)c1cccc(-n2c3ccccc3c3ccc4c(ccn4-c4ccccc4)c32)c1. The Morgan fingerprint density at radius 3 is 1.74 bits per heavy atom. The summed E-state index contributed by atoms with van der Waals surface area (Å²) in [6.07, 6.45) is 2.15. The van der Waals surface area contributed by atoms with Crippen LogP contribution in [0.1, 0.15) is 0 Å². The van der Waals surface area contributed by atoms with Gasteiger partial charge in [0.15, 0.2) is 7.14 Å². The highest BCUT2D eigenvalue weighted by Gasteiger charge is 2.30. The average Bonchev–Trinajstić information content (AvgIpc) is 3.65. The van der Waals surface area contributed by atoms with Crippen LogP contribution in [0, 0.1) is 0 Å². The Morgan fingerprint density at radius 1 is 0.429 bits per heavy atom. The van der Waals surface area contributed by atoms with Crippen molar-refractivity contribution in [2.75, 3.05) is 0 Å². The van der Waals surface area contributed by atoms with Crippen LogP contribution in [-0.4, -0.2) is 9.13 Å². The molecule has 6 aromatic carbocycles. The molecule has 4 heteroatoms.